The Morgan fingerprint density at radius 2 is 1.89 bits per heavy atom. The van der Waals surface area contributed by atoms with E-state index in [1.165, 1.54) is 0 Å². The quantitative estimate of drug-likeness (QED) is 0.643. The third-order valence-corrected chi connectivity index (χ3v) is 5.67. The fourth-order valence-corrected chi connectivity index (χ4v) is 4.20. The van der Waals surface area contributed by atoms with Gasteiger partial charge in [-0.05, 0) is 30.4 Å². The van der Waals surface area contributed by atoms with Crippen LogP contribution in [0.2, 0.25) is 5.02 Å². The topological polar surface area (TPSA) is 83.7 Å². The van der Waals surface area contributed by atoms with Gasteiger partial charge in [-0.1, -0.05) is 53.3 Å². The third kappa shape index (κ3) is 2.97. The average Bonchev–Trinajstić information content (AvgIpc) is 3.12. The summed E-state index contributed by atoms with van der Waals surface area (Å²) in [6, 6.07) is 13.5. The molecule has 3 aromatic rings. The average molecular weight is 416 g/mol. The minimum absolute atomic E-state index is 0.174. The summed E-state index contributed by atoms with van der Waals surface area (Å²) in [5.74, 6) is -1.34. The van der Waals surface area contributed by atoms with Gasteiger partial charge in [0.15, 0.2) is 3.95 Å². The molecule has 0 saturated carbocycles. The monoisotopic (exact) mass is 415 g/mol. The molecule has 27 heavy (non-hydrogen) atoms. The number of aromatic hydroxyl groups is 1. The third-order valence-electron chi connectivity index (χ3n) is 3.95. The van der Waals surface area contributed by atoms with E-state index in [-0.39, 0.29) is 30.9 Å². The Balaban J connectivity index is 1.80. The van der Waals surface area contributed by atoms with Crippen LogP contribution in [0.5, 0.6) is 5.88 Å². The SMILES string of the molecule is O=C1N=c2ccccc2=C1c1sc(=S)n(NC(=O)c2ccccc2Cl)c1O. The molecule has 0 bridgehead atoms. The second-order valence-electron chi connectivity index (χ2n) is 5.59. The van der Waals surface area contributed by atoms with Crippen molar-refractivity contribution in [2.45, 2.75) is 0 Å². The highest BCUT2D eigenvalue weighted by Crippen LogP contribution is 2.32. The summed E-state index contributed by atoms with van der Waals surface area (Å²) in [5, 5.41) is 12.0. The summed E-state index contributed by atoms with van der Waals surface area (Å²) >= 11 is 12.3. The first-order valence-electron chi connectivity index (χ1n) is 7.71. The number of para-hydroxylation sites is 1. The molecule has 2 aromatic carbocycles. The number of hydrogen-bond donors (Lipinski definition) is 2. The number of hydrogen-bond acceptors (Lipinski definition) is 5. The Labute approximate surface area is 166 Å². The van der Waals surface area contributed by atoms with E-state index < -0.39 is 11.8 Å². The zero-order chi connectivity index (χ0) is 19.1. The van der Waals surface area contributed by atoms with Crippen LogP contribution in [0, 0.1) is 3.95 Å². The molecule has 0 spiro atoms. The number of benzene rings is 2. The Morgan fingerprint density at radius 3 is 2.67 bits per heavy atom. The predicted octanol–water partition coefficient (Wildman–Crippen LogP) is 2.38. The molecule has 2 heterocycles. The fraction of sp³-hybridized carbons (Fsp3) is 0. The van der Waals surface area contributed by atoms with Crippen molar-refractivity contribution in [1.29, 1.82) is 0 Å². The summed E-state index contributed by atoms with van der Waals surface area (Å²) in [6.07, 6.45) is 0. The van der Waals surface area contributed by atoms with E-state index in [1.54, 1.807) is 48.5 Å². The lowest BCUT2D eigenvalue weighted by molar-refractivity contribution is -0.112. The van der Waals surface area contributed by atoms with E-state index in [0.717, 1.165) is 16.0 Å². The molecule has 4 rings (SSSR count). The normalized spacial score (nSPS) is 12.6. The largest absolute Gasteiger partial charge is 0.492 e. The molecule has 0 atom stereocenters. The van der Waals surface area contributed by atoms with Crippen LogP contribution in [-0.2, 0) is 4.79 Å². The molecular weight excluding hydrogens is 406 g/mol. The van der Waals surface area contributed by atoms with Crippen LogP contribution in [0.15, 0.2) is 53.5 Å². The van der Waals surface area contributed by atoms with Gasteiger partial charge in [-0.3, -0.25) is 15.0 Å². The summed E-state index contributed by atoms with van der Waals surface area (Å²) in [5.41, 5.74) is 3.00. The van der Waals surface area contributed by atoms with Gasteiger partial charge in [0.05, 0.1) is 21.5 Å². The molecule has 6 nitrogen and oxygen atoms in total. The molecule has 0 saturated heterocycles. The molecule has 9 heteroatoms. The number of carbonyl (C=O) groups excluding carboxylic acids is 2. The lowest BCUT2D eigenvalue weighted by Gasteiger charge is -2.08. The van der Waals surface area contributed by atoms with E-state index in [1.807, 2.05) is 0 Å². The molecule has 1 aliphatic heterocycles. The Kier molecular flexibility index (Phi) is 4.39. The molecule has 0 fully saturated rings. The fourth-order valence-electron chi connectivity index (χ4n) is 2.72. The van der Waals surface area contributed by atoms with Gasteiger partial charge in [-0.15, -0.1) is 0 Å². The van der Waals surface area contributed by atoms with E-state index in [9.17, 15) is 14.7 Å². The number of aromatic nitrogens is 1. The number of amides is 2. The van der Waals surface area contributed by atoms with Crippen molar-refractivity contribution in [2.24, 2.45) is 4.99 Å². The molecular formula is C18H10ClN3O3S2. The van der Waals surface area contributed by atoms with Gasteiger partial charge in [0.25, 0.3) is 11.8 Å². The Hall–Kier alpha value is -2.81. The highest BCUT2D eigenvalue weighted by atomic mass is 35.5. The number of nitrogens with zero attached hydrogens (tertiary/aromatic N) is 2. The standard InChI is InChI=1S/C18H10ClN3O3S2/c19-11-7-3-1-5-9(11)15(23)21-22-17(25)14(27-18(22)26)13-10-6-2-4-8-12(10)20-16(13)24/h1-8,25H,(H,21,23). The van der Waals surface area contributed by atoms with Gasteiger partial charge >= 0.3 is 0 Å². The maximum atomic E-state index is 12.5. The first-order valence-corrected chi connectivity index (χ1v) is 9.31. The van der Waals surface area contributed by atoms with Crippen molar-refractivity contribution in [3.8, 4) is 5.88 Å². The number of carbonyl (C=O) groups is 2. The van der Waals surface area contributed by atoms with E-state index in [0.29, 0.717) is 10.6 Å². The summed E-state index contributed by atoms with van der Waals surface area (Å²) in [6.45, 7) is 0. The maximum absolute atomic E-state index is 12.5. The van der Waals surface area contributed by atoms with Crippen molar-refractivity contribution in [2.75, 3.05) is 5.43 Å². The summed E-state index contributed by atoms with van der Waals surface area (Å²) in [7, 11) is 0. The molecule has 1 aromatic heterocycles. The van der Waals surface area contributed by atoms with Crippen LogP contribution >= 0.6 is 35.2 Å². The second kappa shape index (κ2) is 6.73. The van der Waals surface area contributed by atoms with Gasteiger partial charge in [0, 0.05) is 5.22 Å². The lowest BCUT2D eigenvalue weighted by atomic mass is 10.1. The molecule has 2 amide bonds. The van der Waals surface area contributed by atoms with Gasteiger partial charge in [0.2, 0.25) is 5.88 Å². The highest BCUT2D eigenvalue weighted by molar-refractivity contribution is 7.73. The zero-order valence-electron chi connectivity index (χ0n) is 13.5. The number of fused-ring (bicyclic) bond motifs is 1. The maximum Gasteiger partial charge on any atom is 0.279 e. The van der Waals surface area contributed by atoms with Crippen LogP contribution in [0.1, 0.15) is 15.2 Å². The predicted molar refractivity (Wildman–Crippen MR) is 105 cm³/mol. The van der Waals surface area contributed by atoms with E-state index in [4.69, 9.17) is 23.8 Å². The summed E-state index contributed by atoms with van der Waals surface area (Å²) in [4.78, 5) is 29.0. The minimum Gasteiger partial charge on any atom is -0.492 e. The van der Waals surface area contributed by atoms with Gasteiger partial charge in [0.1, 0.15) is 4.88 Å². The van der Waals surface area contributed by atoms with Crippen molar-refractivity contribution >= 4 is 52.5 Å². The van der Waals surface area contributed by atoms with E-state index in [2.05, 4.69) is 10.4 Å². The van der Waals surface area contributed by atoms with Gasteiger partial charge in [-0.25, -0.2) is 4.99 Å². The number of halogens is 1. The van der Waals surface area contributed by atoms with Crippen molar-refractivity contribution in [3.63, 3.8) is 0 Å². The van der Waals surface area contributed by atoms with Gasteiger partial charge in [-0.2, -0.15) is 4.68 Å². The highest BCUT2D eigenvalue weighted by Gasteiger charge is 2.26. The summed E-state index contributed by atoms with van der Waals surface area (Å²) < 4.78 is 1.23. The molecule has 0 radical (unpaired) electrons. The number of rotatable bonds is 3. The van der Waals surface area contributed by atoms with Crippen molar-refractivity contribution in [1.82, 2.24) is 4.68 Å². The first kappa shape index (κ1) is 17.6. The molecule has 1 aliphatic rings. The minimum atomic E-state index is -0.538. The van der Waals surface area contributed by atoms with Crippen LogP contribution in [-0.4, -0.2) is 21.6 Å². The number of thiazole rings is 1. The van der Waals surface area contributed by atoms with Crippen molar-refractivity contribution < 1.29 is 14.7 Å². The molecule has 134 valence electrons. The number of nitrogens with one attached hydrogen (secondary N) is 1. The van der Waals surface area contributed by atoms with Crippen LogP contribution in [0.4, 0.5) is 0 Å². The smallest absolute Gasteiger partial charge is 0.279 e. The Bertz CT molecular complexity index is 1290. The van der Waals surface area contributed by atoms with E-state index >= 15 is 0 Å². The lowest BCUT2D eigenvalue weighted by Crippen LogP contribution is -2.23. The van der Waals surface area contributed by atoms with Crippen molar-refractivity contribution in [3.05, 3.63) is 78.5 Å². The van der Waals surface area contributed by atoms with Crippen LogP contribution in [0.3, 0.4) is 0 Å². The Morgan fingerprint density at radius 1 is 1.19 bits per heavy atom. The molecule has 2 N–H and O–H groups in total. The van der Waals surface area contributed by atoms with Gasteiger partial charge < -0.3 is 5.11 Å². The first-order chi connectivity index (χ1) is 13.0. The zero-order valence-corrected chi connectivity index (χ0v) is 15.9. The molecule has 0 aliphatic carbocycles. The van der Waals surface area contributed by atoms with Crippen LogP contribution < -0.4 is 16.0 Å². The molecule has 0 unspecified atom stereocenters. The van der Waals surface area contributed by atoms with Crippen LogP contribution in [0.25, 0.3) is 5.57 Å². The second-order valence-corrected chi connectivity index (χ2v) is 7.64.